The average molecular weight is 334 g/mol. The van der Waals surface area contributed by atoms with Crippen molar-refractivity contribution in [3.8, 4) is 5.69 Å². The molecule has 2 aromatic carbocycles. The number of benzene rings is 2. The maximum absolute atomic E-state index is 12.2. The predicted octanol–water partition coefficient (Wildman–Crippen LogP) is 2.88. The van der Waals surface area contributed by atoms with E-state index in [1.165, 1.54) is 0 Å². The molecule has 0 radical (unpaired) electrons. The lowest BCUT2D eigenvalue weighted by atomic mass is 9.89. The molecule has 0 aliphatic rings. The van der Waals surface area contributed by atoms with Crippen molar-refractivity contribution >= 4 is 11.6 Å². The number of hydrogen-bond donors (Lipinski definition) is 2. The molecule has 1 amide bonds. The number of nitrogens with zero attached hydrogens (tertiary/aromatic N) is 2. The number of rotatable bonds is 5. The van der Waals surface area contributed by atoms with Crippen molar-refractivity contribution in [1.82, 2.24) is 9.78 Å². The summed E-state index contributed by atoms with van der Waals surface area (Å²) >= 11 is 0. The van der Waals surface area contributed by atoms with Gasteiger partial charge in [0.1, 0.15) is 0 Å². The smallest absolute Gasteiger partial charge is 0.225 e. The van der Waals surface area contributed by atoms with E-state index >= 15 is 0 Å². The molecule has 128 valence electrons. The van der Waals surface area contributed by atoms with Crippen molar-refractivity contribution in [2.75, 3.05) is 5.73 Å². The van der Waals surface area contributed by atoms with Gasteiger partial charge >= 0.3 is 0 Å². The van der Waals surface area contributed by atoms with Gasteiger partial charge in [0.2, 0.25) is 5.91 Å². The van der Waals surface area contributed by atoms with E-state index in [9.17, 15) is 4.79 Å². The van der Waals surface area contributed by atoms with Crippen LogP contribution in [0.1, 0.15) is 28.4 Å². The van der Waals surface area contributed by atoms with Gasteiger partial charge in [-0.3, -0.25) is 4.79 Å². The quantitative estimate of drug-likeness (QED) is 0.703. The molecule has 1 aromatic heterocycles. The maximum Gasteiger partial charge on any atom is 0.225 e. The molecule has 1 atom stereocenters. The lowest BCUT2D eigenvalue weighted by Crippen LogP contribution is -2.24. The number of aromatic nitrogens is 2. The fourth-order valence-electron chi connectivity index (χ4n) is 3.26. The van der Waals surface area contributed by atoms with Gasteiger partial charge in [-0.15, -0.1) is 0 Å². The molecule has 1 heterocycles. The zero-order valence-electron chi connectivity index (χ0n) is 14.4. The molecule has 25 heavy (non-hydrogen) atoms. The Morgan fingerprint density at radius 1 is 1.08 bits per heavy atom. The van der Waals surface area contributed by atoms with Gasteiger partial charge in [-0.1, -0.05) is 36.4 Å². The van der Waals surface area contributed by atoms with E-state index in [0.717, 1.165) is 28.2 Å². The predicted molar refractivity (Wildman–Crippen MR) is 99.5 cm³/mol. The minimum Gasteiger partial charge on any atom is -0.399 e. The lowest BCUT2D eigenvalue weighted by Gasteiger charge is -2.16. The van der Waals surface area contributed by atoms with Gasteiger partial charge in [0.05, 0.1) is 17.3 Å². The largest absolute Gasteiger partial charge is 0.399 e. The van der Waals surface area contributed by atoms with E-state index in [-0.39, 0.29) is 5.91 Å². The molecular weight excluding hydrogens is 312 g/mol. The summed E-state index contributed by atoms with van der Waals surface area (Å²) in [6.07, 6.45) is 0.462. The Morgan fingerprint density at radius 3 is 2.36 bits per heavy atom. The summed E-state index contributed by atoms with van der Waals surface area (Å²) in [5, 5.41) is 4.63. The van der Waals surface area contributed by atoms with Crippen LogP contribution in [0.3, 0.4) is 0 Å². The Morgan fingerprint density at radius 2 is 1.72 bits per heavy atom. The molecule has 4 N–H and O–H groups in total. The molecule has 0 fully saturated rings. The zero-order chi connectivity index (χ0) is 18.0. The number of amides is 1. The second-order valence-corrected chi connectivity index (χ2v) is 6.19. The fourth-order valence-corrected chi connectivity index (χ4v) is 3.26. The van der Waals surface area contributed by atoms with Gasteiger partial charge in [0.15, 0.2) is 0 Å². The Hall–Kier alpha value is -3.08. The zero-order valence-corrected chi connectivity index (χ0v) is 14.4. The number of anilines is 1. The fraction of sp³-hybridized carbons (Fsp3) is 0.200. The first-order chi connectivity index (χ1) is 12.0. The van der Waals surface area contributed by atoms with Gasteiger partial charge in [0, 0.05) is 16.9 Å². The van der Waals surface area contributed by atoms with E-state index in [4.69, 9.17) is 11.5 Å². The second kappa shape index (κ2) is 6.81. The molecule has 3 rings (SSSR count). The summed E-state index contributed by atoms with van der Waals surface area (Å²) in [5.74, 6) is -0.843. The van der Waals surface area contributed by atoms with Crippen molar-refractivity contribution in [2.24, 2.45) is 5.73 Å². The normalized spacial score (nSPS) is 12.1. The molecule has 0 bridgehead atoms. The third kappa shape index (κ3) is 3.26. The summed E-state index contributed by atoms with van der Waals surface area (Å²) in [4.78, 5) is 12.2. The Balaban J connectivity index is 2.05. The van der Waals surface area contributed by atoms with Crippen LogP contribution >= 0.6 is 0 Å². The highest BCUT2D eigenvalue weighted by molar-refractivity contribution is 5.83. The summed E-state index contributed by atoms with van der Waals surface area (Å²) in [6, 6.07) is 17.4. The molecule has 5 heteroatoms. The van der Waals surface area contributed by atoms with Gasteiger partial charge in [-0.2, -0.15) is 5.10 Å². The lowest BCUT2D eigenvalue weighted by molar-refractivity contribution is -0.119. The number of carbonyl (C=O) groups excluding carboxylic acids is 1. The van der Waals surface area contributed by atoms with E-state index < -0.39 is 5.92 Å². The van der Waals surface area contributed by atoms with Gasteiger partial charge in [0.25, 0.3) is 0 Å². The first-order valence-electron chi connectivity index (χ1n) is 8.23. The van der Waals surface area contributed by atoms with Gasteiger partial charge in [-0.05, 0) is 44.0 Å². The van der Waals surface area contributed by atoms with E-state index in [2.05, 4.69) is 5.10 Å². The summed E-state index contributed by atoms with van der Waals surface area (Å²) in [5.41, 5.74) is 16.9. The molecule has 0 spiro atoms. The van der Waals surface area contributed by atoms with Crippen LogP contribution in [-0.2, 0) is 11.2 Å². The molecule has 0 aliphatic carbocycles. The standard InChI is InChI=1S/C20H22N4O/c1-13-19(14(2)24(23-13)16-9-4-3-5-10-16)17(20(22)25)12-15-8-6-7-11-18(15)21/h3-11,17H,12,21H2,1-2H3,(H2,22,25). The Bertz CT molecular complexity index is 899. The van der Waals surface area contributed by atoms with Crippen LogP contribution in [0.5, 0.6) is 0 Å². The number of para-hydroxylation sites is 2. The maximum atomic E-state index is 12.2. The summed E-state index contributed by atoms with van der Waals surface area (Å²) < 4.78 is 1.86. The third-order valence-corrected chi connectivity index (χ3v) is 4.52. The van der Waals surface area contributed by atoms with Crippen LogP contribution in [0.15, 0.2) is 54.6 Å². The number of hydrogen-bond acceptors (Lipinski definition) is 3. The van der Waals surface area contributed by atoms with Crippen molar-refractivity contribution < 1.29 is 4.79 Å². The second-order valence-electron chi connectivity index (χ2n) is 6.19. The van der Waals surface area contributed by atoms with E-state index in [1.54, 1.807) is 0 Å². The Labute approximate surface area is 147 Å². The summed E-state index contributed by atoms with van der Waals surface area (Å²) in [7, 11) is 0. The molecule has 0 saturated carbocycles. The number of primary amides is 1. The van der Waals surface area contributed by atoms with E-state index in [0.29, 0.717) is 12.1 Å². The first-order valence-corrected chi connectivity index (χ1v) is 8.23. The SMILES string of the molecule is Cc1nn(-c2ccccc2)c(C)c1C(Cc1ccccc1N)C(N)=O. The minimum atomic E-state index is -0.470. The van der Waals surface area contributed by atoms with Crippen LogP contribution in [0.2, 0.25) is 0 Å². The molecule has 1 unspecified atom stereocenters. The summed E-state index contributed by atoms with van der Waals surface area (Å²) in [6.45, 7) is 3.87. The number of nitrogens with two attached hydrogens (primary N) is 2. The monoisotopic (exact) mass is 334 g/mol. The van der Waals surface area contributed by atoms with Gasteiger partial charge in [-0.25, -0.2) is 4.68 Å². The van der Waals surface area contributed by atoms with Crippen molar-refractivity contribution in [2.45, 2.75) is 26.2 Å². The topological polar surface area (TPSA) is 86.9 Å². The van der Waals surface area contributed by atoms with Gasteiger partial charge < -0.3 is 11.5 Å². The number of nitrogen functional groups attached to an aromatic ring is 1. The molecule has 0 aliphatic heterocycles. The van der Waals surface area contributed by atoms with Crippen molar-refractivity contribution in [3.63, 3.8) is 0 Å². The molecule has 3 aromatic rings. The number of carbonyl (C=O) groups is 1. The minimum absolute atomic E-state index is 0.373. The van der Waals surface area contributed by atoms with Crippen LogP contribution in [0.4, 0.5) is 5.69 Å². The number of aryl methyl sites for hydroxylation is 1. The Kier molecular flexibility index (Phi) is 4.57. The van der Waals surface area contributed by atoms with Crippen LogP contribution in [0, 0.1) is 13.8 Å². The highest BCUT2D eigenvalue weighted by atomic mass is 16.1. The van der Waals surface area contributed by atoms with Crippen molar-refractivity contribution in [3.05, 3.63) is 77.1 Å². The highest BCUT2D eigenvalue weighted by Crippen LogP contribution is 2.29. The highest BCUT2D eigenvalue weighted by Gasteiger charge is 2.26. The van der Waals surface area contributed by atoms with E-state index in [1.807, 2.05) is 73.1 Å². The average Bonchev–Trinajstić information content (AvgIpc) is 2.89. The van der Waals surface area contributed by atoms with Crippen molar-refractivity contribution in [1.29, 1.82) is 0 Å². The third-order valence-electron chi connectivity index (χ3n) is 4.52. The van der Waals surface area contributed by atoms with Crippen LogP contribution in [-0.4, -0.2) is 15.7 Å². The van der Waals surface area contributed by atoms with Crippen LogP contribution in [0.25, 0.3) is 5.69 Å². The first kappa shape index (κ1) is 16.8. The van der Waals surface area contributed by atoms with Crippen LogP contribution < -0.4 is 11.5 Å². The molecule has 0 saturated heterocycles. The molecular formula is C20H22N4O. The molecule has 5 nitrogen and oxygen atoms in total.